The molecule has 4 nitrogen and oxygen atoms in total. The van der Waals surface area contributed by atoms with Crippen LogP contribution in [0, 0.1) is 0 Å². The third-order valence-electron chi connectivity index (χ3n) is 3.54. The van der Waals surface area contributed by atoms with Crippen LogP contribution in [0.25, 0.3) is 6.08 Å². The fourth-order valence-electron chi connectivity index (χ4n) is 2.58. The predicted molar refractivity (Wildman–Crippen MR) is 77.8 cm³/mol. The van der Waals surface area contributed by atoms with E-state index in [2.05, 4.69) is 0 Å². The molecule has 0 aromatic heterocycles. The Labute approximate surface area is 121 Å². The maximum atomic E-state index is 12.6. The van der Waals surface area contributed by atoms with E-state index in [9.17, 15) is 19.8 Å². The van der Waals surface area contributed by atoms with Crippen molar-refractivity contribution in [1.82, 2.24) is 0 Å². The average Bonchev–Trinajstić information content (AvgIpc) is 2.46. The highest BCUT2D eigenvalue weighted by Gasteiger charge is 2.34. The van der Waals surface area contributed by atoms with Gasteiger partial charge in [-0.2, -0.15) is 0 Å². The van der Waals surface area contributed by atoms with Crippen LogP contribution in [0.4, 0.5) is 0 Å². The first kappa shape index (κ1) is 13.1. The number of allylic oxidation sites excluding steroid dienone is 1. The zero-order valence-corrected chi connectivity index (χ0v) is 11.3. The summed E-state index contributed by atoms with van der Waals surface area (Å²) in [4.78, 5) is 25.0. The molecule has 3 rings (SSSR count). The van der Waals surface area contributed by atoms with E-state index in [1.807, 2.05) is 0 Å². The van der Waals surface area contributed by atoms with Gasteiger partial charge in [0.2, 0.25) is 5.78 Å². The number of aromatic hydroxyl groups is 2. The highest BCUT2D eigenvalue weighted by molar-refractivity contribution is 6.30. The molecular formula is C17H12O4. The molecule has 21 heavy (non-hydrogen) atoms. The van der Waals surface area contributed by atoms with Crippen molar-refractivity contribution in [2.75, 3.05) is 0 Å². The lowest BCUT2D eigenvalue weighted by Gasteiger charge is -2.19. The molecular weight excluding hydrogens is 268 g/mol. The zero-order valence-electron chi connectivity index (χ0n) is 11.3. The van der Waals surface area contributed by atoms with Gasteiger partial charge in [0.25, 0.3) is 0 Å². The van der Waals surface area contributed by atoms with Crippen LogP contribution in [-0.4, -0.2) is 21.8 Å². The molecule has 1 aliphatic carbocycles. The van der Waals surface area contributed by atoms with E-state index < -0.39 is 5.78 Å². The highest BCUT2D eigenvalue weighted by atomic mass is 16.3. The van der Waals surface area contributed by atoms with Crippen LogP contribution in [0.5, 0.6) is 11.5 Å². The number of phenols is 2. The third-order valence-corrected chi connectivity index (χ3v) is 3.54. The van der Waals surface area contributed by atoms with Crippen molar-refractivity contribution in [3.8, 4) is 11.5 Å². The maximum Gasteiger partial charge on any atom is 0.201 e. The van der Waals surface area contributed by atoms with E-state index in [-0.39, 0.29) is 39.5 Å². The third kappa shape index (κ3) is 1.76. The first-order valence-electron chi connectivity index (χ1n) is 6.46. The molecule has 0 bridgehead atoms. The van der Waals surface area contributed by atoms with Crippen LogP contribution in [0.3, 0.4) is 0 Å². The number of rotatable bonds is 1. The summed E-state index contributed by atoms with van der Waals surface area (Å²) in [6.45, 7) is 1.78. The van der Waals surface area contributed by atoms with Crippen molar-refractivity contribution in [3.63, 3.8) is 0 Å². The molecule has 4 heteroatoms. The first-order valence-corrected chi connectivity index (χ1v) is 6.46. The Kier molecular flexibility index (Phi) is 2.87. The summed E-state index contributed by atoms with van der Waals surface area (Å²) in [7, 11) is 0. The van der Waals surface area contributed by atoms with Crippen LogP contribution in [0.1, 0.15) is 44.3 Å². The summed E-state index contributed by atoms with van der Waals surface area (Å²) in [6.07, 6.45) is 3.37. The summed E-state index contributed by atoms with van der Waals surface area (Å²) in [5.41, 5.74) is 0.665. The molecule has 0 heterocycles. The molecule has 0 fully saturated rings. The minimum atomic E-state index is -0.540. The molecule has 0 saturated carbocycles. The smallest absolute Gasteiger partial charge is 0.201 e. The van der Waals surface area contributed by atoms with E-state index in [0.717, 1.165) is 0 Å². The molecule has 0 aliphatic heterocycles. The van der Waals surface area contributed by atoms with Crippen molar-refractivity contribution >= 4 is 17.6 Å². The Bertz CT molecular complexity index is 816. The van der Waals surface area contributed by atoms with Crippen LogP contribution in [0.2, 0.25) is 0 Å². The molecule has 2 aromatic rings. The van der Waals surface area contributed by atoms with Gasteiger partial charge in [-0.3, -0.25) is 9.59 Å². The average molecular weight is 280 g/mol. The van der Waals surface area contributed by atoms with Crippen molar-refractivity contribution < 1.29 is 19.8 Å². The van der Waals surface area contributed by atoms with Gasteiger partial charge in [0.05, 0.1) is 11.1 Å². The highest BCUT2D eigenvalue weighted by Crippen LogP contribution is 2.38. The van der Waals surface area contributed by atoms with Gasteiger partial charge in [-0.15, -0.1) is 0 Å². The van der Waals surface area contributed by atoms with Gasteiger partial charge in [-0.1, -0.05) is 30.4 Å². The summed E-state index contributed by atoms with van der Waals surface area (Å²) in [6, 6.07) is 7.47. The van der Waals surface area contributed by atoms with Gasteiger partial charge in [0, 0.05) is 16.7 Å². The summed E-state index contributed by atoms with van der Waals surface area (Å²) in [5, 5.41) is 20.1. The standard InChI is InChI=1S/C17H12O4/c1-2-4-9-7-8-11-14(15(9)19)17(21)13-10(16(11)20)5-3-6-12(13)18/h2-8,18-19H,1H3/b4-2+. The van der Waals surface area contributed by atoms with E-state index >= 15 is 0 Å². The van der Waals surface area contributed by atoms with Gasteiger partial charge >= 0.3 is 0 Å². The topological polar surface area (TPSA) is 74.6 Å². The quantitative estimate of drug-likeness (QED) is 0.718. The Morgan fingerprint density at radius 1 is 0.905 bits per heavy atom. The second kappa shape index (κ2) is 4.59. The number of phenolic OH excluding ortho intramolecular Hbond substituents is 2. The fraction of sp³-hybridized carbons (Fsp3) is 0.0588. The number of ketones is 2. The van der Waals surface area contributed by atoms with Crippen molar-refractivity contribution in [1.29, 1.82) is 0 Å². The summed E-state index contributed by atoms with van der Waals surface area (Å²) in [5.74, 6) is -1.41. The number of fused-ring (bicyclic) bond motifs is 2. The van der Waals surface area contributed by atoms with Crippen LogP contribution < -0.4 is 0 Å². The fourth-order valence-corrected chi connectivity index (χ4v) is 2.58. The molecule has 1 aliphatic rings. The molecule has 0 radical (unpaired) electrons. The lowest BCUT2D eigenvalue weighted by molar-refractivity contribution is 0.0974. The molecule has 0 saturated heterocycles. The minimum Gasteiger partial charge on any atom is -0.507 e. The van der Waals surface area contributed by atoms with Crippen LogP contribution in [0.15, 0.2) is 36.4 Å². The Balaban J connectivity index is 2.34. The Morgan fingerprint density at radius 2 is 1.62 bits per heavy atom. The van der Waals surface area contributed by atoms with E-state index in [4.69, 9.17) is 0 Å². The Morgan fingerprint density at radius 3 is 2.33 bits per heavy atom. The summed E-state index contributed by atoms with van der Waals surface area (Å²) >= 11 is 0. The Hall–Kier alpha value is -2.88. The van der Waals surface area contributed by atoms with Crippen molar-refractivity contribution in [2.45, 2.75) is 6.92 Å². The molecule has 104 valence electrons. The van der Waals surface area contributed by atoms with Gasteiger partial charge in [-0.25, -0.2) is 0 Å². The van der Waals surface area contributed by atoms with Crippen LogP contribution in [-0.2, 0) is 0 Å². The molecule has 0 atom stereocenters. The molecule has 0 unspecified atom stereocenters. The molecule has 0 amide bonds. The lowest BCUT2D eigenvalue weighted by atomic mass is 9.82. The number of benzene rings is 2. The van der Waals surface area contributed by atoms with E-state index in [1.54, 1.807) is 25.1 Å². The van der Waals surface area contributed by atoms with E-state index in [0.29, 0.717) is 5.56 Å². The first-order chi connectivity index (χ1) is 10.1. The zero-order chi connectivity index (χ0) is 15.1. The maximum absolute atomic E-state index is 12.6. The number of carbonyl (C=O) groups excluding carboxylic acids is 2. The largest absolute Gasteiger partial charge is 0.507 e. The van der Waals surface area contributed by atoms with Crippen LogP contribution >= 0.6 is 0 Å². The lowest BCUT2D eigenvalue weighted by Crippen LogP contribution is -2.21. The summed E-state index contributed by atoms with van der Waals surface area (Å²) < 4.78 is 0. The van der Waals surface area contributed by atoms with Gasteiger partial charge in [-0.05, 0) is 19.1 Å². The minimum absolute atomic E-state index is 0.0513. The second-order valence-electron chi connectivity index (χ2n) is 4.78. The van der Waals surface area contributed by atoms with E-state index in [1.165, 1.54) is 24.3 Å². The van der Waals surface area contributed by atoms with Gasteiger partial charge in [0.15, 0.2) is 5.78 Å². The predicted octanol–water partition coefficient (Wildman–Crippen LogP) is 2.91. The molecule has 2 aromatic carbocycles. The SMILES string of the molecule is C/C=C/c1ccc2c(c1O)C(=O)c1c(O)cccc1C2=O. The number of carbonyl (C=O) groups is 2. The number of hydrogen-bond acceptors (Lipinski definition) is 4. The van der Waals surface area contributed by atoms with Crippen molar-refractivity contribution in [2.24, 2.45) is 0 Å². The second-order valence-corrected chi connectivity index (χ2v) is 4.78. The molecule has 0 spiro atoms. The van der Waals surface area contributed by atoms with Crippen molar-refractivity contribution in [3.05, 3.63) is 64.2 Å². The molecule has 2 N–H and O–H groups in total. The monoisotopic (exact) mass is 280 g/mol. The van der Waals surface area contributed by atoms with Gasteiger partial charge in [0.1, 0.15) is 11.5 Å². The number of hydrogen-bond donors (Lipinski definition) is 2. The normalized spacial score (nSPS) is 13.4. The van der Waals surface area contributed by atoms with Gasteiger partial charge < -0.3 is 10.2 Å².